The maximum absolute atomic E-state index is 12.0. The van der Waals surface area contributed by atoms with Crippen molar-refractivity contribution in [1.29, 1.82) is 0 Å². The van der Waals surface area contributed by atoms with Crippen LogP contribution in [0.4, 0.5) is 0 Å². The van der Waals surface area contributed by atoms with Crippen LogP contribution >= 0.6 is 0 Å². The predicted octanol–water partition coefficient (Wildman–Crippen LogP) is 3.33. The van der Waals surface area contributed by atoms with Gasteiger partial charge in [-0.05, 0) is 45.4 Å². The average Bonchev–Trinajstić information content (AvgIpc) is 2.61. The molecule has 0 aliphatic carbocycles. The van der Waals surface area contributed by atoms with E-state index in [0.717, 1.165) is 22.2 Å². The van der Waals surface area contributed by atoms with Crippen molar-refractivity contribution in [2.45, 2.75) is 33.7 Å². The molecule has 0 aliphatic heterocycles. The molecule has 102 valence electrons. The van der Waals surface area contributed by atoms with E-state index < -0.39 is 0 Å². The Bertz CT molecular complexity index is 653. The van der Waals surface area contributed by atoms with Gasteiger partial charge in [0.15, 0.2) is 0 Å². The second-order valence-electron chi connectivity index (χ2n) is 5.07. The largest absolute Gasteiger partial charge is 0.508 e. The number of aromatic hydroxyl groups is 1. The van der Waals surface area contributed by atoms with E-state index in [-0.39, 0.29) is 17.8 Å². The molecule has 19 heavy (non-hydrogen) atoms. The smallest absolute Gasteiger partial charge is 0.340 e. The summed E-state index contributed by atoms with van der Waals surface area (Å²) < 4.78 is 6.95. The molecule has 0 amide bonds. The highest BCUT2D eigenvalue weighted by molar-refractivity contribution is 6.06. The third-order valence-electron chi connectivity index (χ3n) is 3.47. The summed E-state index contributed by atoms with van der Waals surface area (Å²) in [6.45, 7) is 7.88. The Morgan fingerprint density at radius 2 is 1.95 bits per heavy atom. The highest BCUT2D eigenvalue weighted by atomic mass is 16.5. The molecule has 1 aromatic carbocycles. The number of carbonyl (C=O) groups excluding carboxylic acids is 1. The molecule has 1 heterocycles. The molecule has 0 bridgehead atoms. The number of benzene rings is 1. The Morgan fingerprint density at radius 1 is 1.32 bits per heavy atom. The van der Waals surface area contributed by atoms with Crippen LogP contribution in [0.25, 0.3) is 10.9 Å². The van der Waals surface area contributed by atoms with E-state index in [1.54, 1.807) is 6.07 Å². The molecule has 1 aromatic heterocycles. The average molecular weight is 261 g/mol. The molecule has 0 fully saturated rings. The van der Waals surface area contributed by atoms with E-state index >= 15 is 0 Å². The molecule has 0 spiro atoms. The van der Waals surface area contributed by atoms with Gasteiger partial charge in [-0.3, -0.25) is 0 Å². The standard InChI is InChI=1S/C15H19NO3/c1-8(2)16-10(4)14(15(18)19-5)11-7-13(17)9(3)6-12(11)16/h6-8,17H,1-5H3. The van der Waals surface area contributed by atoms with Gasteiger partial charge in [0.2, 0.25) is 0 Å². The number of hydrogen-bond acceptors (Lipinski definition) is 3. The second kappa shape index (κ2) is 4.61. The van der Waals surface area contributed by atoms with Crippen LogP contribution in [0.1, 0.15) is 41.5 Å². The second-order valence-corrected chi connectivity index (χ2v) is 5.07. The minimum atomic E-state index is -0.370. The van der Waals surface area contributed by atoms with Gasteiger partial charge in [-0.15, -0.1) is 0 Å². The molecule has 0 atom stereocenters. The first-order chi connectivity index (χ1) is 8.88. The highest BCUT2D eigenvalue weighted by Crippen LogP contribution is 2.33. The third kappa shape index (κ3) is 1.97. The number of esters is 1. The van der Waals surface area contributed by atoms with Gasteiger partial charge < -0.3 is 14.4 Å². The fourth-order valence-electron chi connectivity index (χ4n) is 2.60. The van der Waals surface area contributed by atoms with Gasteiger partial charge in [0.25, 0.3) is 0 Å². The van der Waals surface area contributed by atoms with Gasteiger partial charge in [0, 0.05) is 22.6 Å². The van der Waals surface area contributed by atoms with Gasteiger partial charge in [-0.1, -0.05) is 0 Å². The SMILES string of the molecule is COC(=O)c1c(C)n(C(C)C)c2cc(C)c(O)cc12. The van der Waals surface area contributed by atoms with Crippen molar-refractivity contribution in [3.63, 3.8) is 0 Å². The number of phenols is 1. The predicted molar refractivity (Wildman–Crippen MR) is 74.8 cm³/mol. The lowest BCUT2D eigenvalue weighted by Gasteiger charge is -2.13. The summed E-state index contributed by atoms with van der Waals surface area (Å²) in [6.07, 6.45) is 0. The molecular weight excluding hydrogens is 242 g/mol. The zero-order chi connectivity index (χ0) is 14.3. The van der Waals surface area contributed by atoms with Gasteiger partial charge in [-0.2, -0.15) is 0 Å². The minimum Gasteiger partial charge on any atom is -0.508 e. The van der Waals surface area contributed by atoms with Gasteiger partial charge in [-0.25, -0.2) is 4.79 Å². The number of rotatable bonds is 2. The summed E-state index contributed by atoms with van der Waals surface area (Å²) in [5, 5.41) is 10.6. The number of carbonyl (C=O) groups is 1. The van der Waals surface area contributed by atoms with Crippen molar-refractivity contribution in [3.8, 4) is 5.75 Å². The summed E-state index contributed by atoms with van der Waals surface area (Å²) in [5.74, 6) is -0.177. The minimum absolute atomic E-state index is 0.193. The van der Waals surface area contributed by atoms with Crippen LogP contribution in [0.2, 0.25) is 0 Å². The van der Waals surface area contributed by atoms with Crippen molar-refractivity contribution in [2.75, 3.05) is 7.11 Å². The van der Waals surface area contributed by atoms with Crippen molar-refractivity contribution in [2.24, 2.45) is 0 Å². The molecule has 0 aliphatic rings. The Labute approximate surface area is 112 Å². The zero-order valence-electron chi connectivity index (χ0n) is 11.9. The Hall–Kier alpha value is -1.97. The van der Waals surface area contributed by atoms with Crippen molar-refractivity contribution >= 4 is 16.9 Å². The van der Waals surface area contributed by atoms with Gasteiger partial charge in [0.1, 0.15) is 5.75 Å². The number of aryl methyl sites for hydroxylation is 1. The van der Waals surface area contributed by atoms with E-state index in [1.165, 1.54) is 7.11 Å². The molecule has 0 unspecified atom stereocenters. The number of fused-ring (bicyclic) bond motifs is 1. The van der Waals surface area contributed by atoms with Crippen LogP contribution in [-0.2, 0) is 4.74 Å². The Kier molecular flexibility index (Phi) is 3.27. The topological polar surface area (TPSA) is 51.5 Å². The molecule has 4 heteroatoms. The summed E-state index contributed by atoms with van der Waals surface area (Å²) in [7, 11) is 1.37. The number of ether oxygens (including phenoxy) is 1. The Morgan fingerprint density at radius 3 is 2.47 bits per heavy atom. The monoisotopic (exact) mass is 261 g/mol. The lowest BCUT2D eigenvalue weighted by Crippen LogP contribution is -2.06. The summed E-state index contributed by atoms with van der Waals surface area (Å²) >= 11 is 0. The normalized spacial score (nSPS) is 11.3. The van der Waals surface area contributed by atoms with Crippen LogP contribution in [-0.4, -0.2) is 22.8 Å². The number of nitrogens with zero attached hydrogens (tertiary/aromatic N) is 1. The van der Waals surface area contributed by atoms with E-state index in [1.807, 2.05) is 19.9 Å². The molecule has 0 radical (unpaired) electrons. The fourth-order valence-corrected chi connectivity index (χ4v) is 2.60. The number of methoxy groups -OCH3 is 1. The molecule has 2 rings (SSSR count). The number of aromatic nitrogens is 1. The maximum atomic E-state index is 12.0. The lowest BCUT2D eigenvalue weighted by molar-refractivity contribution is 0.0602. The van der Waals surface area contributed by atoms with Crippen LogP contribution in [0.3, 0.4) is 0 Å². The van der Waals surface area contributed by atoms with E-state index in [9.17, 15) is 9.90 Å². The Balaban J connectivity index is 2.92. The van der Waals surface area contributed by atoms with Crippen molar-refractivity contribution in [1.82, 2.24) is 4.57 Å². The van der Waals surface area contributed by atoms with Crippen LogP contribution in [0.15, 0.2) is 12.1 Å². The number of hydrogen-bond donors (Lipinski definition) is 1. The lowest BCUT2D eigenvalue weighted by atomic mass is 10.1. The molecule has 4 nitrogen and oxygen atoms in total. The third-order valence-corrected chi connectivity index (χ3v) is 3.47. The van der Waals surface area contributed by atoms with E-state index in [0.29, 0.717) is 5.56 Å². The zero-order valence-corrected chi connectivity index (χ0v) is 11.9. The number of phenolic OH excluding ortho intramolecular Hbond substituents is 1. The van der Waals surface area contributed by atoms with E-state index in [4.69, 9.17) is 4.74 Å². The molecule has 0 saturated heterocycles. The molecule has 1 N–H and O–H groups in total. The van der Waals surface area contributed by atoms with E-state index in [2.05, 4.69) is 18.4 Å². The first-order valence-electron chi connectivity index (χ1n) is 6.30. The molecule has 2 aromatic rings. The fraction of sp³-hybridized carbons (Fsp3) is 0.400. The maximum Gasteiger partial charge on any atom is 0.340 e. The molecule has 0 saturated carbocycles. The molecular formula is C15H19NO3. The van der Waals surface area contributed by atoms with Crippen LogP contribution < -0.4 is 0 Å². The van der Waals surface area contributed by atoms with Gasteiger partial charge in [0.05, 0.1) is 12.7 Å². The summed E-state index contributed by atoms with van der Waals surface area (Å²) in [4.78, 5) is 12.0. The van der Waals surface area contributed by atoms with Crippen LogP contribution in [0, 0.1) is 13.8 Å². The van der Waals surface area contributed by atoms with Crippen LogP contribution in [0.5, 0.6) is 5.75 Å². The summed E-state index contributed by atoms with van der Waals surface area (Å²) in [6, 6.07) is 3.78. The first-order valence-corrected chi connectivity index (χ1v) is 6.30. The summed E-state index contributed by atoms with van der Waals surface area (Å²) in [5.41, 5.74) is 3.13. The van der Waals surface area contributed by atoms with Crippen molar-refractivity contribution in [3.05, 3.63) is 29.0 Å². The highest BCUT2D eigenvalue weighted by Gasteiger charge is 2.22. The van der Waals surface area contributed by atoms with Gasteiger partial charge >= 0.3 is 5.97 Å². The quantitative estimate of drug-likeness (QED) is 0.844. The first kappa shape index (κ1) is 13.5. The van der Waals surface area contributed by atoms with Crippen molar-refractivity contribution < 1.29 is 14.6 Å².